The highest BCUT2D eigenvalue weighted by atomic mass is 16.3. The van der Waals surface area contributed by atoms with E-state index in [-0.39, 0.29) is 0 Å². The van der Waals surface area contributed by atoms with Crippen LogP contribution >= 0.6 is 0 Å². The SMILES string of the molecule is Cc1cccc(-n2cc(CN3C[C@@H](CN4CCCCCC4)[C@@H](CO)C3)cn2)c1. The van der Waals surface area contributed by atoms with Crippen molar-refractivity contribution in [2.45, 2.75) is 39.2 Å². The van der Waals surface area contributed by atoms with Gasteiger partial charge >= 0.3 is 0 Å². The van der Waals surface area contributed by atoms with Crippen LogP contribution in [0.4, 0.5) is 0 Å². The van der Waals surface area contributed by atoms with E-state index in [1.165, 1.54) is 49.9 Å². The van der Waals surface area contributed by atoms with Crippen molar-refractivity contribution in [1.82, 2.24) is 19.6 Å². The van der Waals surface area contributed by atoms with Crippen LogP contribution in [0, 0.1) is 18.8 Å². The molecule has 152 valence electrons. The first-order chi connectivity index (χ1) is 13.7. The second-order valence-corrected chi connectivity index (χ2v) is 8.74. The summed E-state index contributed by atoms with van der Waals surface area (Å²) in [5.74, 6) is 0.977. The summed E-state index contributed by atoms with van der Waals surface area (Å²) in [6.45, 7) is 9.01. The van der Waals surface area contributed by atoms with Gasteiger partial charge in [-0.1, -0.05) is 25.0 Å². The summed E-state index contributed by atoms with van der Waals surface area (Å²) in [7, 11) is 0. The Balaban J connectivity index is 1.36. The van der Waals surface area contributed by atoms with Crippen LogP contribution in [0.3, 0.4) is 0 Å². The molecule has 3 heterocycles. The third kappa shape index (κ3) is 4.83. The van der Waals surface area contributed by atoms with Gasteiger partial charge in [0.2, 0.25) is 0 Å². The topological polar surface area (TPSA) is 44.5 Å². The summed E-state index contributed by atoms with van der Waals surface area (Å²) < 4.78 is 1.97. The van der Waals surface area contributed by atoms with Gasteiger partial charge in [0, 0.05) is 44.5 Å². The Bertz CT molecular complexity index is 751. The Morgan fingerprint density at radius 1 is 1.04 bits per heavy atom. The Labute approximate surface area is 169 Å². The molecule has 2 aliphatic rings. The molecule has 1 aromatic heterocycles. The molecule has 1 N–H and O–H groups in total. The molecule has 2 aliphatic heterocycles. The number of rotatable bonds is 6. The molecule has 0 bridgehead atoms. The van der Waals surface area contributed by atoms with Gasteiger partial charge in [-0.3, -0.25) is 4.90 Å². The zero-order chi connectivity index (χ0) is 19.3. The molecule has 5 nitrogen and oxygen atoms in total. The van der Waals surface area contributed by atoms with E-state index in [0.29, 0.717) is 18.4 Å². The lowest BCUT2D eigenvalue weighted by Crippen LogP contribution is -2.34. The Morgan fingerprint density at radius 3 is 2.57 bits per heavy atom. The second-order valence-electron chi connectivity index (χ2n) is 8.74. The molecular formula is C23H34N4O. The highest BCUT2D eigenvalue weighted by Gasteiger charge is 2.33. The quantitative estimate of drug-likeness (QED) is 0.834. The van der Waals surface area contributed by atoms with Gasteiger partial charge < -0.3 is 10.0 Å². The molecule has 2 atom stereocenters. The van der Waals surface area contributed by atoms with Crippen LogP contribution in [0.2, 0.25) is 0 Å². The molecule has 2 saturated heterocycles. The Hall–Kier alpha value is -1.69. The van der Waals surface area contributed by atoms with Crippen molar-refractivity contribution in [3.8, 4) is 5.69 Å². The lowest BCUT2D eigenvalue weighted by molar-refractivity contribution is 0.165. The first kappa shape index (κ1) is 19.6. The van der Waals surface area contributed by atoms with Crippen LogP contribution < -0.4 is 0 Å². The number of benzene rings is 1. The maximum absolute atomic E-state index is 9.92. The van der Waals surface area contributed by atoms with Gasteiger partial charge in [-0.25, -0.2) is 4.68 Å². The number of nitrogens with zero attached hydrogens (tertiary/aromatic N) is 4. The predicted molar refractivity (Wildman–Crippen MR) is 113 cm³/mol. The fraction of sp³-hybridized carbons (Fsp3) is 0.609. The van der Waals surface area contributed by atoms with Crippen LogP contribution in [0.15, 0.2) is 36.7 Å². The zero-order valence-corrected chi connectivity index (χ0v) is 17.1. The van der Waals surface area contributed by atoms with Gasteiger partial charge in [-0.2, -0.15) is 5.10 Å². The standard InChI is InChI=1S/C23H34N4O/c1-19-7-6-8-23(11-19)27-14-20(12-24-27)13-26-16-21(22(17-26)18-28)15-25-9-4-2-3-5-10-25/h6-8,11-12,14,21-22,28H,2-5,9-10,13,15-18H2,1H3/t21-,22-/m1/s1. The van der Waals surface area contributed by atoms with Crippen molar-refractivity contribution >= 4 is 0 Å². The molecule has 2 aromatic rings. The summed E-state index contributed by atoms with van der Waals surface area (Å²) in [6, 6.07) is 8.44. The Kier molecular flexibility index (Phi) is 6.45. The molecule has 0 amide bonds. The number of aliphatic hydroxyl groups is 1. The van der Waals surface area contributed by atoms with E-state index in [1.807, 2.05) is 10.9 Å². The molecule has 0 aliphatic carbocycles. The molecule has 1 aromatic carbocycles. The van der Waals surface area contributed by atoms with Gasteiger partial charge in [-0.05, 0) is 62.4 Å². The van der Waals surface area contributed by atoms with E-state index < -0.39 is 0 Å². The van der Waals surface area contributed by atoms with Gasteiger partial charge in [0.05, 0.1) is 11.9 Å². The van der Waals surface area contributed by atoms with Gasteiger partial charge in [-0.15, -0.1) is 0 Å². The highest BCUT2D eigenvalue weighted by molar-refractivity contribution is 5.35. The van der Waals surface area contributed by atoms with E-state index >= 15 is 0 Å². The maximum Gasteiger partial charge on any atom is 0.0648 e. The largest absolute Gasteiger partial charge is 0.396 e. The Morgan fingerprint density at radius 2 is 1.82 bits per heavy atom. The number of aryl methyl sites for hydroxylation is 1. The molecule has 0 saturated carbocycles. The van der Waals surface area contributed by atoms with Crippen LogP contribution in [0.1, 0.15) is 36.8 Å². The summed E-state index contributed by atoms with van der Waals surface area (Å²) in [5.41, 5.74) is 3.60. The fourth-order valence-electron chi connectivity index (χ4n) is 4.84. The van der Waals surface area contributed by atoms with E-state index in [2.05, 4.69) is 52.3 Å². The minimum absolute atomic E-state index is 0.303. The average molecular weight is 383 g/mol. The lowest BCUT2D eigenvalue weighted by Gasteiger charge is -2.26. The summed E-state index contributed by atoms with van der Waals surface area (Å²) in [6.07, 6.45) is 9.54. The van der Waals surface area contributed by atoms with Gasteiger partial charge in [0.15, 0.2) is 0 Å². The van der Waals surface area contributed by atoms with Gasteiger partial charge in [0.25, 0.3) is 0 Å². The molecule has 0 radical (unpaired) electrons. The number of likely N-dealkylation sites (tertiary alicyclic amines) is 2. The van der Waals surface area contributed by atoms with Crippen molar-refractivity contribution in [2.75, 3.05) is 39.3 Å². The molecule has 0 unspecified atom stereocenters. The monoisotopic (exact) mass is 382 g/mol. The number of hydrogen-bond donors (Lipinski definition) is 1. The van der Waals surface area contributed by atoms with Crippen molar-refractivity contribution in [3.63, 3.8) is 0 Å². The van der Waals surface area contributed by atoms with Crippen molar-refractivity contribution in [1.29, 1.82) is 0 Å². The van der Waals surface area contributed by atoms with Crippen molar-refractivity contribution < 1.29 is 5.11 Å². The molecular weight excluding hydrogens is 348 g/mol. The van der Waals surface area contributed by atoms with Crippen LogP contribution in [-0.4, -0.2) is 64.0 Å². The van der Waals surface area contributed by atoms with E-state index in [4.69, 9.17) is 0 Å². The average Bonchev–Trinajstić information content (AvgIpc) is 3.22. The van der Waals surface area contributed by atoms with Crippen LogP contribution in [0.5, 0.6) is 0 Å². The second kappa shape index (κ2) is 9.21. The van der Waals surface area contributed by atoms with E-state index in [0.717, 1.165) is 31.9 Å². The first-order valence-electron chi connectivity index (χ1n) is 10.9. The molecule has 4 rings (SSSR count). The summed E-state index contributed by atoms with van der Waals surface area (Å²) in [4.78, 5) is 5.14. The summed E-state index contributed by atoms with van der Waals surface area (Å²) >= 11 is 0. The van der Waals surface area contributed by atoms with Crippen molar-refractivity contribution in [2.24, 2.45) is 11.8 Å². The van der Waals surface area contributed by atoms with Crippen LogP contribution in [-0.2, 0) is 6.54 Å². The first-order valence-corrected chi connectivity index (χ1v) is 10.9. The number of aromatic nitrogens is 2. The minimum atomic E-state index is 0.303. The lowest BCUT2D eigenvalue weighted by atomic mass is 9.96. The van der Waals surface area contributed by atoms with Crippen molar-refractivity contribution in [3.05, 3.63) is 47.8 Å². The van der Waals surface area contributed by atoms with E-state index in [1.54, 1.807) is 0 Å². The zero-order valence-electron chi connectivity index (χ0n) is 17.1. The molecule has 0 spiro atoms. The van der Waals surface area contributed by atoms with Crippen LogP contribution in [0.25, 0.3) is 5.69 Å². The number of hydrogen-bond acceptors (Lipinski definition) is 4. The van der Waals surface area contributed by atoms with E-state index in [9.17, 15) is 5.11 Å². The normalized spacial score (nSPS) is 24.5. The third-order valence-electron chi connectivity index (χ3n) is 6.39. The highest BCUT2D eigenvalue weighted by Crippen LogP contribution is 2.26. The predicted octanol–water partition coefficient (Wildman–Crippen LogP) is 3.10. The fourth-order valence-corrected chi connectivity index (χ4v) is 4.84. The third-order valence-corrected chi connectivity index (χ3v) is 6.39. The molecule has 28 heavy (non-hydrogen) atoms. The number of aliphatic hydroxyl groups excluding tert-OH is 1. The molecule has 5 heteroatoms. The van der Waals surface area contributed by atoms with Gasteiger partial charge in [0.1, 0.15) is 0 Å². The molecule has 2 fully saturated rings. The maximum atomic E-state index is 9.92. The summed E-state index contributed by atoms with van der Waals surface area (Å²) in [5, 5.41) is 14.5. The minimum Gasteiger partial charge on any atom is -0.396 e. The smallest absolute Gasteiger partial charge is 0.0648 e.